The Balaban J connectivity index is 0.000000101. The number of benzene rings is 17. The van der Waals surface area contributed by atoms with Crippen LogP contribution in [0.25, 0.3) is 177 Å². The van der Waals surface area contributed by atoms with Crippen molar-refractivity contribution in [2.24, 2.45) is 0 Å². The van der Waals surface area contributed by atoms with Crippen LogP contribution in [0, 0.1) is 0 Å². The van der Waals surface area contributed by atoms with Gasteiger partial charge in [0.1, 0.15) is 5.65 Å². The monoisotopic (exact) mass is 1740 g/mol. The van der Waals surface area contributed by atoms with Crippen molar-refractivity contribution in [1.29, 1.82) is 0 Å². The number of imidazole rings is 2. The Labute approximate surface area is 784 Å². The van der Waals surface area contributed by atoms with Crippen LogP contribution in [0.5, 0.6) is 0 Å². The molecule has 0 radical (unpaired) electrons. The molecule has 25 aromatic rings. The molecule has 0 unspecified atom stereocenters. The zero-order valence-electron chi connectivity index (χ0n) is 74.7. The molecule has 0 saturated heterocycles. The van der Waals surface area contributed by atoms with Crippen molar-refractivity contribution < 1.29 is 0 Å². The lowest BCUT2D eigenvalue weighted by molar-refractivity contribution is 1.09. The lowest BCUT2D eigenvalue weighted by Gasteiger charge is -2.25. The van der Waals surface area contributed by atoms with Gasteiger partial charge < -0.3 is 23.2 Å². The topological polar surface area (TPSA) is 55.1 Å². The lowest BCUT2D eigenvalue weighted by atomic mass is 10.1. The minimum Gasteiger partial charge on any atom is -0.311 e. The van der Waals surface area contributed by atoms with Gasteiger partial charge in [-0.1, -0.05) is 355 Å². The predicted molar refractivity (Wildman–Crippen MR) is 577 cm³/mol. The van der Waals surface area contributed by atoms with Crippen LogP contribution < -0.4 is 4.90 Å². The van der Waals surface area contributed by atoms with E-state index >= 15 is 0 Å². The molecule has 0 aliphatic carbocycles. The summed E-state index contributed by atoms with van der Waals surface area (Å²) in [5, 5.41) is 11.4. The van der Waals surface area contributed by atoms with Crippen LogP contribution >= 0.6 is 0 Å². The first-order valence-electron chi connectivity index (χ1n) is 45.3. The summed E-state index contributed by atoms with van der Waals surface area (Å²) in [6.07, 6.45) is 17.0. The molecule has 8 aromatic heterocycles. The summed E-state index contributed by atoms with van der Waals surface area (Å²) in [5.74, 6) is 0.885. The van der Waals surface area contributed by atoms with Gasteiger partial charge in [0.15, 0.2) is 0 Å². The predicted octanol–water partition coefficient (Wildman–Crippen LogP) is 33.3. The van der Waals surface area contributed by atoms with E-state index in [2.05, 4.69) is 487 Å². The Morgan fingerprint density at radius 1 is 0.215 bits per heavy atom. The molecule has 10 nitrogen and oxygen atoms in total. The SMILES string of the molecule is C=C/C=C(\C=C)n1c2ccccc2c2c1c1ccccc1n2-c1ccccc1.C=C/C=C(\C=C)n1c2ccccc2c2c3ccccc3n(-c3ccccc3)c21.C=C/C=C(\C=C)n1c2ccccc2n2c3ccccc3nc12.c1ccc(-n2c3ccccc3c3ccccc32)cc1.c1ccc(-n2c3ccccc3c3ccccc32)cc1.c1ccc(N(c2ccccc2)c2ccccc2)cc1. The smallest absolute Gasteiger partial charge is 0.220 e. The van der Waals surface area contributed by atoms with Crippen LogP contribution in [0.2, 0.25) is 0 Å². The molecule has 0 saturated carbocycles. The molecular formula is C125H96N10. The van der Waals surface area contributed by atoms with Gasteiger partial charge in [0, 0.05) is 105 Å². The molecule has 0 spiro atoms. The van der Waals surface area contributed by atoms with Crippen LogP contribution in [-0.2, 0) is 0 Å². The summed E-state index contributed by atoms with van der Waals surface area (Å²) >= 11 is 0. The standard InChI is InChI=1S/2C26H20N2.C19H15N3.2C18H13N.C18H15N/c1-3-12-19(4-2)27-23-17-10-8-15-21(23)26-25(27)22-16-9-11-18-24(22)28(26)20-13-6-5-7-14-20;1-3-12-19(4-2)27-23-17-10-8-15-21(23)25-22-16-9-11-18-24(22)28(26(25)27)20-13-6-5-7-14-20;1-3-9-14(4-2)21-17-12-7-8-13-18(17)22-16-11-6-5-10-15(16)20-19(21)22;2*1-2-8-14(9-3-1)19-17-12-6-4-10-15(17)16-11-5-7-13-18(16)19;1-4-10-16(11-5-1)19(17-12-6-2-7-13-17)18-14-8-3-9-15-18/h2*3-18H,1-2H2;3-13H,1-2H2;2*1-13H;1-15H/b2*19-12+;14-9+;;;. The van der Waals surface area contributed by atoms with Crippen molar-refractivity contribution in [3.63, 3.8) is 0 Å². The fourth-order valence-corrected chi connectivity index (χ4v) is 19.0. The van der Waals surface area contributed by atoms with Gasteiger partial charge in [-0.2, -0.15) is 0 Å². The van der Waals surface area contributed by atoms with Crippen LogP contribution in [0.4, 0.5) is 17.1 Å². The molecule has 0 atom stereocenters. The third-order valence-corrected chi connectivity index (χ3v) is 24.6. The summed E-state index contributed by atoms with van der Waals surface area (Å²) in [5.41, 5.74) is 28.8. The van der Waals surface area contributed by atoms with Crippen molar-refractivity contribution in [2.45, 2.75) is 0 Å². The largest absolute Gasteiger partial charge is 0.311 e. The van der Waals surface area contributed by atoms with E-state index in [1.165, 1.54) is 121 Å². The highest BCUT2D eigenvalue weighted by Crippen LogP contribution is 2.45. The summed E-state index contributed by atoms with van der Waals surface area (Å²) in [4.78, 5) is 7.06. The highest BCUT2D eigenvalue weighted by Gasteiger charge is 2.25. The molecule has 0 fully saturated rings. The van der Waals surface area contributed by atoms with Gasteiger partial charge >= 0.3 is 0 Å². The molecule has 0 aliphatic heterocycles. The maximum atomic E-state index is 4.81. The van der Waals surface area contributed by atoms with Gasteiger partial charge in [0.2, 0.25) is 5.78 Å². The number of nitrogens with zero attached hydrogens (tertiary/aromatic N) is 10. The first-order valence-corrected chi connectivity index (χ1v) is 45.3. The highest BCUT2D eigenvalue weighted by atomic mass is 15.2. The van der Waals surface area contributed by atoms with Gasteiger partial charge in [-0.15, -0.1) is 0 Å². The quantitative estimate of drug-likeness (QED) is 0.0905. The molecule has 646 valence electrons. The minimum atomic E-state index is 0.885. The van der Waals surface area contributed by atoms with Crippen molar-refractivity contribution in [3.05, 3.63) is 549 Å². The average Bonchev–Trinajstić information content (AvgIpc) is 1.55. The van der Waals surface area contributed by atoms with E-state index in [0.29, 0.717) is 0 Å². The van der Waals surface area contributed by atoms with E-state index < -0.39 is 0 Å². The average molecular weight is 1740 g/mol. The summed E-state index contributed by atoms with van der Waals surface area (Å²) in [6.45, 7) is 23.6. The Morgan fingerprint density at radius 3 is 0.874 bits per heavy atom. The normalized spacial score (nSPS) is 11.6. The van der Waals surface area contributed by atoms with Crippen LogP contribution in [0.15, 0.2) is 549 Å². The number of allylic oxidation sites excluding steroid dienone is 12. The van der Waals surface area contributed by atoms with Crippen LogP contribution in [-0.4, -0.2) is 41.4 Å². The molecule has 0 bridgehead atoms. The van der Waals surface area contributed by atoms with E-state index in [1.54, 1.807) is 6.08 Å². The molecular weight excluding hydrogens is 1640 g/mol. The maximum Gasteiger partial charge on any atom is 0.220 e. The molecule has 8 heterocycles. The fourth-order valence-electron chi connectivity index (χ4n) is 19.0. The molecule has 17 aromatic carbocycles. The van der Waals surface area contributed by atoms with E-state index in [1.807, 2.05) is 97.1 Å². The van der Waals surface area contributed by atoms with Crippen LogP contribution in [0.3, 0.4) is 0 Å². The number of rotatable bonds is 16. The number of anilines is 3. The first kappa shape index (κ1) is 84.9. The Kier molecular flexibility index (Phi) is 24.3. The molecule has 0 aliphatic rings. The van der Waals surface area contributed by atoms with Crippen molar-refractivity contribution in [2.75, 3.05) is 4.90 Å². The van der Waals surface area contributed by atoms with Gasteiger partial charge in [0.05, 0.1) is 77.2 Å². The van der Waals surface area contributed by atoms with Gasteiger partial charge in [-0.25, -0.2) is 4.98 Å². The number of hydrogen-bond donors (Lipinski definition) is 0. The van der Waals surface area contributed by atoms with Gasteiger partial charge in [-0.3, -0.25) is 18.1 Å². The third-order valence-electron chi connectivity index (χ3n) is 24.6. The van der Waals surface area contributed by atoms with Gasteiger partial charge in [0.25, 0.3) is 0 Å². The van der Waals surface area contributed by atoms with Gasteiger partial charge in [-0.05, 0) is 194 Å². The Hall–Kier alpha value is -18.3. The number of fused-ring (bicyclic) bond motifs is 21. The summed E-state index contributed by atoms with van der Waals surface area (Å²) < 4.78 is 18.2. The fraction of sp³-hybridized carbons (Fsp3) is 0. The molecule has 10 heteroatoms. The Morgan fingerprint density at radius 2 is 0.481 bits per heavy atom. The second-order valence-electron chi connectivity index (χ2n) is 32.4. The first-order chi connectivity index (χ1) is 66.9. The van der Waals surface area contributed by atoms with Crippen molar-refractivity contribution >= 4 is 171 Å². The minimum absolute atomic E-state index is 0.885. The second-order valence-corrected chi connectivity index (χ2v) is 32.4. The summed E-state index contributed by atoms with van der Waals surface area (Å²) in [6, 6.07) is 158. The summed E-state index contributed by atoms with van der Waals surface area (Å²) in [7, 11) is 0. The second kappa shape index (κ2) is 38.6. The van der Waals surface area contributed by atoms with Crippen molar-refractivity contribution in [1.82, 2.24) is 41.4 Å². The third kappa shape index (κ3) is 15.9. The highest BCUT2D eigenvalue weighted by molar-refractivity contribution is 6.24. The van der Waals surface area contributed by atoms with E-state index in [4.69, 9.17) is 4.98 Å². The zero-order chi connectivity index (χ0) is 91.5. The number of aromatic nitrogens is 9. The van der Waals surface area contributed by atoms with Crippen LogP contribution in [0.1, 0.15) is 0 Å². The molecule has 135 heavy (non-hydrogen) atoms. The van der Waals surface area contributed by atoms with Crippen molar-refractivity contribution in [3.8, 4) is 22.7 Å². The zero-order valence-corrected chi connectivity index (χ0v) is 74.7. The maximum absolute atomic E-state index is 4.81. The Bertz CT molecular complexity index is 8400. The van der Waals surface area contributed by atoms with E-state index in [0.717, 1.165) is 73.0 Å². The van der Waals surface area contributed by atoms with E-state index in [9.17, 15) is 0 Å². The van der Waals surface area contributed by atoms with E-state index in [-0.39, 0.29) is 0 Å². The number of hydrogen-bond acceptors (Lipinski definition) is 2. The number of para-hydroxylation sites is 19. The lowest BCUT2D eigenvalue weighted by Crippen LogP contribution is -2.09. The molecule has 0 N–H and O–H groups in total. The molecule has 0 amide bonds. The molecule has 25 rings (SSSR count).